The summed E-state index contributed by atoms with van der Waals surface area (Å²) in [5.74, 6) is 0.855. The van der Waals surface area contributed by atoms with Crippen LogP contribution in [0.4, 0.5) is 0 Å². The number of nitrogens with zero attached hydrogens (tertiary/aromatic N) is 1. The number of nitrogens with one attached hydrogen (secondary N) is 1. The summed E-state index contributed by atoms with van der Waals surface area (Å²) in [6.07, 6.45) is 0. The highest BCUT2D eigenvalue weighted by Crippen LogP contribution is 2.32. The van der Waals surface area contributed by atoms with E-state index < -0.39 is 0 Å². The second kappa shape index (κ2) is 4.88. The first kappa shape index (κ1) is 12.9. The van der Waals surface area contributed by atoms with Crippen molar-refractivity contribution in [2.45, 2.75) is 6.92 Å². The van der Waals surface area contributed by atoms with E-state index in [1.165, 1.54) is 10.8 Å². The highest BCUT2D eigenvalue weighted by molar-refractivity contribution is 6.09. The number of hydrogen-bond acceptors (Lipinski definition) is 2. The third kappa shape index (κ3) is 1.94. The van der Waals surface area contributed by atoms with Crippen LogP contribution in [-0.2, 0) is 0 Å². The molecular formula is C19H16N2O. The van der Waals surface area contributed by atoms with Gasteiger partial charge in [0.15, 0.2) is 0 Å². The Morgan fingerprint density at radius 2 is 1.77 bits per heavy atom. The van der Waals surface area contributed by atoms with Gasteiger partial charge in [0, 0.05) is 22.4 Å². The van der Waals surface area contributed by atoms with E-state index >= 15 is 0 Å². The fourth-order valence-corrected chi connectivity index (χ4v) is 2.92. The van der Waals surface area contributed by atoms with Crippen molar-refractivity contribution in [1.82, 2.24) is 9.97 Å². The SMILES string of the molecule is COc1ccc2c(c1)[nH]c1c(C)nc(-c3ccccc3)cc12. The molecule has 0 atom stereocenters. The Kier molecular flexibility index (Phi) is 2.86. The fraction of sp³-hybridized carbons (Fsp3) is 0.105. The Bertz CT molecular complexity index is 971. The third-order valence-electron chi connectivity index (χ3n) is 4.05. The maximum Gasteiger partial charge on any atom is 0.120 e. The summed E-state index contributed by atoms with van der Waals surface area (Å²) in [5, 5.41) is 2.39. The molecule has 0 radical (unpaired) electrons. The molecule has 0 amide bonds. The van der Waals surface area contributed by atoms with Gasteiger partial charge in [0.05, 0.1) is 29.5 Å². The Morgan fingerprint density at radius 3 is 2.55 bits per heavy atom. The minimum absolute atomic E-state index is 0.855. The molecule has 4 aromatic rings. The number of ether oxygens (including phenoxy) is 1. The van der Waals surface area contributed by atoms with Crippen molar-refractivity contribution >= 4 is 21.8 Å². The predicted octanol–water partition coefficient (Wildman–Crippen LogP) is 4.70. The van der Waals surface area contributed by atoms with Crippen LogP contribution in [0.25, 0.3) is 33.1 Å². The standard InChI is InChI=1S/C19H16N2O/c1-12-19-16(11-17(20-12)13-6-4-3-5-7-13)15-9-8-14(22-2)10-18(15)21-19/h3-11,21H,1-2H3. The van der Waals surface area contributed by atoms with Gasteiger partial charge in [0.1, 0.15) is 5.75 Å². The lowest BCUT2D eigenvalue weighted by atomic mass is 10.1. The zero-order valence-corrected chi connectivity index (χ0v) is 12.6. The van der Waals surface area contributed by atoms with Gasteiger partial charge < -0.3 is 9.72 Å². The zero-order valence-electron chi connectivity index (χ0n) is 12.6. The smallest absolute Gasteiger partial charge is 0.120 e. The normalized spacial score (nSPS) is 11.2. The van der Waals surface area contributed by atoms with Gasteiger partial charge in [-0.2, -0.15) is 0 Å². The maximum atomic E-state index is 5.31. The summed E-state index contributed by atoms with van der Waals surface area (Å²) in [6, 6.07) is 18.5. The molecule has 2 aromatic heterocycles. The van der Waals surface area contributed by atoms with Gasteiger partial charge in [-0.15, -0.1) is 0 Å². The molecule has 2 aromatic carbocycles. The molecule has 3 heteroatoms. The molecule has 0 aliphatic heterocycles. The number of benzene rings is 2. The molecule has 0 aliphatic rings. The molecule has 2 heterocycles. The molecule has 108 valence electrons. The fourth-order valence-electron chi connectivity index (χ4n) is 2.92. The zero-order chi connectivity index (χ0) is 15.1. The number of fused-ring (bicyclic) bond motifs is 3. The topological polar surface area (TPSA) is 37.9 Å². The number of pyridine rings is 1. The first-order valence-corrected chi connectivity index (χ1v) is 7.29. The minimum atomic E-state index is 0.855. The number of H-pyrrole nitrogens is 1. The monoisotopic (exact) mass is 288 g/mol. The van der Waals surface area contributed by atoms with E-state index in [1.807, 2.05) is 37.3 Å². The van der Waals surface area contributed by atoms with Crippen LogP contribution < -0.4 is 4.74 Å². The van der Waals surface area contributed by atoms with Crippen LogP contribution in [0.2, 0.25) is 0 Å². The van der Waals surface area contributed by atoms with E-state index in [1.54, 1.807) is 7.11 Å². The second-order valence-electron chi connectivity index (χ2n) is 5.42. The van der Waals surface area contributed by atoms with E-state index in [2.05, 4.69) is 29.2 Å². The van der Waals surface area contributed by atoms with Crippen LogP contribution in [-0.4, -0.2) is 17.1 Å². The second-order valence-corrected chi connectivity index (χ2v) is 5.42. The average molecular weight is 288 g/mol. The molecule has 0 fully saturated rings. The van der Waals surface area contributed by atoms with E-state index in [-0.39, 0.29) is 0 Å². The lowest BCUT2D eigenvalue weighted by molar-refractivity contribution is 0.415. The Labute approximate surface area is 128 Å². The molecule has 0 bridgehead atoms. The molecule has 3 nitrogen and oxygen atoms in total. The molecule has 1 N–H and O–H groups in total. The minimum Gasteiger partial charge on any atom is -0.497 e. The van der Waals surface area contributed by atoms with E-state index in [9.17, 15) is 0 Å². The van der Waals surface area contributed by atoms with Gasteiger partial charge in [0.2, 0.25) is 0 Å². The number of aromatic amines is 1. The van der Waals surface area contributed by atoms with Crippen molar-refractivity contribution in [3.05, 3.63) is 60.3 Å². The lowest BCUT2D eigenvalue weighted by Crippen LogP contribution is -1.88. The largest absolute Gasteiger partial charge is 0.497 e. The van der Waals surface area contributed by atoms with Crippen LogP contribution in [0.1, 0.15) is 5.69 Å². The number of methoxy groups -OCH3 is 1. The molecule has 0 saturated carbocycles. The molecule has 0 saturated heterocycles. The number of aromatic nitrogens is 2. The third-order valence-corrected chi connectivity index (χ3v) is 4.05. The molecule has 4 rings (SSSR count). The van der Waals surface area contributed by atoms with E-state index in [0.717, 1.165) is 33.7 Å². The van der Waals surface area contributed by atoms with Gasteiger partial charge in [-0.3, -0.25) is 4.98 Å². The Hall–Kier alpha value is -2.81. The van der Waals surface area contributed by atoms with Gasteiger partial charge in [-0.05, 0) is 25.1 Å². The van der Waals surface area contributed by atoms with E-state index in [0.29, 0.717) is 0 Å². The van der Waals surface area contributed by atoms with Crippen LogP contribution >= 0.6 is 0 Å². The quantitative estimate of drug-likeness (QED) is 0.580. The summed E-state index contributed by atoms with van der Waals surface area (Å²) in [6.45, 7) is 2.04. The highest BCUT2D eigenvalue weighted by Gasteiger charge is 2.11. The average Bonchev–Trinajstić information content (AvgIpc) is 2.94. The molecular weight excluding hydrogens is 272 g/mol. The molecule has 0 aliphatic carbocycles. The van der Waals surface area contributed by atoms with Crippen LogP contribution in [0.3, 0.4) is 0 Å². The van der Waals surface area contributed by atoms with Crippen molar-refractivity contribution in [1.29, 1.82) is 0 Å². The molecule has 0 unspecified atom stereocenters. The first-order chi connectivity index (χ1) is 10.8. The van der Waals surface area contributed by atoms with Crippen LogP contribution in [0.5, 0.6) is 5.75 Å². The Morgan fingerprint density at radius 1 is 0.955 bits per heavy atom. The van der Waals surface area contributed by atoms with Gasteiger partial charge in [-0.1, -0.05) is 30.3 Å². The van der Waals surface area contributed by atoms with E-state index in [4.69, 9.17) is 9.72 Å². The summed E-state index contributed by atoms with van der Waals surface area (Å²) >= 11 is 0. The number of hydrogen-bond donors (Lipinski definition) is 1. The maximum absolute atomic E-state index is 5.31. The van der Waals surface area contributed by atoms with Gasteiger partial charge in [-0.25, -0.2) is 0 Å². The van der Waals surface area contributed by atoms with Crippen LogP contribution in [0.15, 0.2) is 54.6 Å². The Balaban J connectivity index is 2.02. The van der Waals surface area contributed by atoms with Crippen LogP contribution in [0, 0.1) is 6.92 Å². The van der Waals surface area contributed by atoms with Gasteiger partial charge in [0.25, 0.3) is 0 Å². The molecule has 0 spiro atoms. The van der Waals surface area contributed by atoms with Crippen molar-refractivity contribution in [2.24, 2.45) is 0 Å². The van der Waals surface area contributed by atoms with Gasteiger partial charge >= 0.3 is 0 Å². The number of aryl methyl sites for hydroxylation is 1. The summed E-state index contributed by atoms with van der Waals surface area (Å²) < 4.78 is 5.31. The molecule has 22 heavy (non-hydrogen) atoms. The van der Waals surface area contributed by atoms with Crippen molar-refractivity contribution in [3.63, 3.8) is 0 Å². The summed E-state index contributed by atoms with van der Waals surface area (Å²) in [4.78, 5) is 8.20. The summed E-state index contributed by atoms with van der Waals surface area (Å²) in [7, 11) is 1.68. The summed E-state index contributed by atoms with van der Waals surface area (Å²) in [5.41, 5.74) is 5.30. The van der Waals surface area contributed by atoms with Crippen molar-refractivity contribution < 1.29 is 4.74 Å². The first-order valence-electron chi connectivity index (χ1n) is 7.29. The predicted molar refractivity (Wildman–Crippen MR) is 90.3 cm³/mol. The number of rotatable bonds is 2. The van der Waals surface area contributed by atoms with Crippen molar-refractivity contribution in [3.8, 4) is 17.0 Å². The lowest BCUT2D eigenvalue weighted by Gasteiger charge is -2.04. The van der Waals surface area contributed by atoms with Crippen molar-refractivity contribution in [2.75, 3.05) is 7.11 Å². The highest BCUT2D eigenvalue weighted by atomic mass is 16.5.